The smallest absolute Gasteiger partial charge is 0.319 e. The van der Waals surface area contributed by atoms with Crippen LogP contribution < -0.4 is 15.4 Å². The van der Waals surface area contributed by atoms with Gasteiger partial charge in [0.2, 0.25) is 0 Å². The number of para-hydroxylation sites is 2. The average Bonchev–Trinajstić information content (AvgIpc) is 2.65. The Bertz CT molecular complexity index is 711. The lowest BCUT2D eigenvalue weighted by Crippen LogP contribution is -2.32. The molecule has 1 atom stereocenters. The van der Waals surface area contributed by atoms with Crippen molar-refractivity contribution in [1.82, 2.24) is 5.32 Å². The van der Waals surface area contributed by atoms with Crippen molar-refractivity contribution in [1.29, 1.82) is 0 Å². The van der Waals surface area contributed by atoms with E-state index in [1.54, 1.807) is 37.4 Å². The van der Waals surface area contributed by atoms with E-state index in [9.17, 15) is 14.3 Å². The lowest BCUT2D eigenvalue weighted by molar-refractivity contribution is 0.170. The summed E-state index contributed by atoms with van der Waals surface area (Å²) in [6.07, 6.45) is -0.409. The van der Waals surface area contributed by atoms with Crippen molar-refractivity contribution < 1.29 is 23.8 Å². The molecule has 6 nitrogen and oxygen atoms in total. The molecule has 2 amide bonds. The number of ether oxygens (including phenoxy) is 2. The SMILES string of the molecule is COCCCOc1ccccc1NC(=O)NCC(O)c1ccccc1F. The molecule has 140 valence electrons. The maximum atomic E-state index is 13.6. The van der Waals surface area contributed by atoms with Crippen LogP contribution in [0.5, 0.6) is 5.75 Å². The third kappa shape index (κ3) is 6.02. The van der Waals surface area contributed by atoms with Gasteiger partial charge in [0.05, 0.1) is 18.4 Å². The molecule has 0 aliphatic rings. The summed E-state index contributed by atoms with van der Waals surface area (Å²) in [4.78, 5) is 12.1. The van der Waals surface area contributed by atoms with E-state index in [1.165, 1.54) is 18.2 Å². The van der Waals surface area contributed by atoms with Crippen LogP contribution in [0.25, 0.3) is 0 Å². The fourth-order valence-corrected chi connectivity index (χ4v) is 2.29. The molecule has 1 unspecified atom stereocenters. The minimum Gasteiger partial charge on any atom is -0.491 e. The molecule has 2 aromatic carbocycles. The van der Waals surface area contributed by atoms with Gasteiger partial charge in [-0.15, -0.1) is 0 Å². The summed E-state index contributed by atoms with van der Waals surface area (Å²) >= 11 is 0. The third-order valence-corrected chi connectivity index (χ3v) is 3.61. The molecule has 2 rings (SSSR count). The molecule has 0 radical (unpaired) electrons. The van der Waals surface area contributed by atoms with Crippen LogP contribution in [0.2, 0.25) is 0 Å². The summed E-state index contributed by atoms with van der Waals surface area (Å²) in [6, 6.07) is 12.4. The van der Waals surface area contributed by atoms with Gasteiger partial charge in [-0.25, -0.2) is 9.18 Å². The van der Waals surface area contributed by atoms with Gasteiger partial charge in [-0.2, -0.15) is 0 Å². The van der Waals surface area contributed by atoms with Crippen molar-refractivity contribution in [3.05, 3.63) is 59.9 Å². The van der Waals surface area contributed by atoms with Crippen LogP contribution in [0.1, 0.15) is 18.1 Å². The highest BCUT2D eigenvalue weighted by molar-refractivity contribution is 5.90. The van der Waals surface area contributed by atoms with Crippen LogP contribution in [-0.2, 0) is 4.74 Å². The van der Waals surface area contributed by atoms with Crippen LogP contribution in [0.15, 0.2) is 48.5 Å². The zero-order valence-corrected chi connectivity index (χ0v) is 14.6. The Morgan fingerprint density at radius 2 is 1.88 bits per heavy atom. The monoisotopic (exact) mass is 362 g/mol. The summed E-state index contributed by atoms with van der Waals surface area (Å²) in [5, 5.41) is 15.2. The van der Waals surface area contributed by atoms with Crippen molar-refractivity contribution >= 4 is 11.7 Å². The fraction of sp³-hybridized carbons (Fsp3) is 0.316. The van der Waals surface area contributed by atoms with Gasteiger partial charge >= 0.3 is 6.03 Å². The summed E-state index contributed by atoms with van der Waals surface area (Å²) in [5.74, 6) is 0.0189. The fourth-order valence-electron chi connectivity index (χ4n) is 2.29. The molecule has 0 aliphatic carbocycles. The first kappa shape index (κ1) is 19.7. The number of hydrogen-bond acceptors (Lipinski definition) is 4. The molecule has 0 saturated carbocycles. The number of halogens is 1. The Kier molecular flexibility index (Phi) is 7.85. The standard InChI is InChI=1S/C19H23FN2O4/c1-25-11-6-12-26-18-10-5-4-9-16(18)22-19(24)21-13-17(23)14-7-2-3-8-15(14)20/h2-5,7-10,17,23H,6,11-13H2,1H3,(H2,21,22,24). The molecule has 2 aromatic rings. The predicted octanol–water partition coefficient (Wildman–Crippen LogP) is 3.10. The number of nitrogens with one attached hydrogen (secondary N) is 2. The van der Waals surface area contributed by atoms with Crippen LogP contribution in [-0.4, -0.2) is 38.0 Å². The van der Waals surface area contributed by atoms with Crippen LogP contribution in [0, 0.1) is 5.82 Å². The first-order chi connectivity index (χ1) is 12.6. The van der Waals surface area contributed by atoms with Crippen molar-refractivity contribution in [3.8, 4) is 5.75 Å². The second-order valence-electron chi connectivity index (χ2n) is 5.56. The number of hydrogen-bond donors (Lipinski definition) is 3. The molecule has 0 saturated heterocycles. The minimum absolute atomic E-state index is 0.121. The van der Waals surface area contributed by atoms with Gasteiger partial charge in [0, 0.05) is 32.2 Å². The molecule has 26 heavy (non-hydrogen) atoms. The van der Waals surface area contributed by atoms with Gasteiger partial charge < -0.3 is 25.2 Å². The van der Waals surface area contributed by atoms with E-state index in [1.807, 2.05) is 0 Å². The van der Waals surface area contributed by atoms with Gasteiger partial charge in [0.1, 0.15) is 11.6 Å². The highest BCUT2D eigenvalue weighted by atomic mass is 19.1. The van der Waals surface area contributed by atoms with Gasteiger partial charge in [-0.1, -0.05) is 30.3 Å². The predicted molar refractivity (Wildman–Crippen MR) is 96.8 cm³/mol. The summed E-state index contributed by atoms with van der Waals surface area (Å²) < 4.78 is 24.2. The number of methoxy groups -OCH3 is 1. The number of aliphatic hydroxyl groups excluding tert-OH is 1. The molecule has 0 spiro atoms. The summed E-state index contributed by atoms with van der Waals surface area (Å²) in [7, 11) is 1.62. The number of amides is 2. The number of rotatable bonds is 9. The molecule has 0 aromatic heterocycles. The number of carbonyl (C=O) groups excluding carboxylic acids is 1. The molecule has 3 N–H and O–H groups in total. The van der Waals surface area contributed by atoms with E-state index in [2.05, 4.69) is 10.6 Å². The van der Waals surface area contributed by atoms with E-state index < -0.39 is 18.0 Å². The summed E-state index contributed by atoms with van der Waals surface area (Å²) in [5.41, 5.74) is 0.637. The molecule has 0 heterocycles. The Hall–Kier alpha value is -2.64. The Balaban J connectivity index is 1.86. The highest BCUT2D eigenvalue weighted by Gasteiger charge is 2.14. The summed E-state index contributed by atoms with van der Waals surface area (Å²) in [6.45, 7) is 0.924. The first-order valence-corrected chi connectivity index (χ1v) is 8.30. The maximum absolute atomic E-state index is 13.6. The number of aliphatic hydroxyl groups is 1. The zero-order chi connectivity index (χ0) is 18.8. The third-order valence-electron chi connectivity index (χ3n) is 3.61. The van der Waals surface area contributed by atoms with Gasteiger partial charge in [0.15, 0.2) is 0 Å². The first-order valence-electron chi connectivity index (χ1n) is 8.30. The maximum Gasteiger partial charge on any atom is 0.319 e. The van der Waals surface area contributed by atoms with Crippen molar-refractivity contribution in [2.24, 2.45) is 0 Å². The van der Waals surface area contributed by atoms with E-state index >= 15 is 0 Å². The Labute approximate surface area is 151 Å². The number of carbonyl (C=O) groups is 1. The Morgan fingerprint density at radius 1 is 1.15 bits per heavy atom. The minimum atomic E-state index is -1.14. The van der Waals surface area contributed by atoms with Crippen LogP contribution >= 0.6 is 0 Å². The van der Waals surface area contributed by atoms with E-state index in [0.29, 0.717) is 24.7 Å². The van der Waals surface area contributed by atoms with Crippen molar-refractivity contribution in [3.63, 3.8) is 0 Å². The highest BCUT2D eigenvalue weighted by Crippen LogP contribution is 2.24. The quantitative estimate of drug-likeness (QED) is 0.599. The van der Waals surface area contributed by atoms with Crippen molar-refractivity contribution in [2.75, 3.05) is 32.2 Å². The molecule has 7 heteroatoms. The van der Waals surface area contributed by atoms with Gasteiger partial charge in [-0.05, 0) is 18.2 Å². The molecule has 0 aliphatic heterocycles. The van der Waals surface area contributed by atoms with E-state index in [4.69, 9.17) is 9.47 Å². The average molecular weight is 362 g/mol. The van der Waals surface area contributed by atoms with E-state index in [0.717, 1.165) is 6.42 Å². The topological polar surface area (TPSA) is 79.8 Å². The molecule has 0 bridgehead atoms. The molecular weight excluding hydrogens is 339 g/mol. The molecular formula is C19H23FN2O4. The van der Waals surface area contributed by atoms with Crippen molar-refractivity contribution in [2.45, 2.75) is 12.5 Å². The second-order valence-corrected chi connectivity index (χ2v) is 5.56. The second kappa shape index (κ2) is 10.4. The number of benzene rings is 2. The number of urea groups is 1. The largest absolute Gasteiger partial charge is 0.491 e. The van der Waals surface area contributed by atoms with Gasteiger partial charge in [-0.3, -0.25) is 0 Å². The lowest BCUT2D eigenvalue weighted by Gasteiger charge is -2.15. The van der Waals surface area contributed by atoms with Crippen LogP contribution in [0.3, 0.4) is 0 Å². The molecule has 0 fully saturated rings. The normalized spacial score (nSPS) is 11.7. The zero-order valence-electron chi connectivity index (χ0n) is 14.6. The number of anilines is 1. The van der Waals surface area contributed by atoms with Gasteiger partial charge in [0.25, 0.3) is 0 Å². The van der Waals surface area contributed by atoms with Crippen LogP contribution in [0.4, 0.5) is 14.9 Å². The Morgan fingerprint density at radius 3 is 2.65 bits per heavy atom. The lowest BCUT2D eigenvalue weighted by atomic mass is 10.1. The van der Waals surface area contributed by atoms with E-state index in [-0.39, 0.29) is 12.1 Å².